The van der Waals surface area contributed by atoms with Crippen LogP contribution in [0.5, 0.6) is 0 Å². The van der Waals surface area contributed by atoms with Crippen molar-refractivity contribution in [1.82, 2.24) is 4.72 Å². The summed E-state index contributed by atoms with van der Waals surface area (Å²) in [7, 11) is -3.88. The number of hydrogen-bond acceptors (Lipinski definition) is 4. The van der Waals surface area contributed by atoms with Gasteiger partial charge in [0.1, 0.15) is 4.90 Å². The maximum atomic E-state index is 11.8. The van der Waals surface area contributed by atoms with Crippen LogP contribution in [0.1, 0.15) is 5.56 Å². The fourth-order valence-corrected chi connectivity index (χ4v) is 2.73. The molecule has 0 radical (unpaired) electrons. The van der Waals surface area contributed by atoms with E-state index in [1.54, 1.807) is 0 Å². The molecule has 0 bridgehead atoms. The van der Waals surface area contributed by atoms with Crippen molar-refractivity contribution in [2.75, 3.05) is 13.1 Å². The Kier molecular flexibility index (Phi) is 5.32. The number of carbonyl (C=O) groups is 1. The number of rotatable bonds is 4. The van der Waals surface area contributed by atoms with Crippen LogP contribution in [-0.4, -0.2) is 27.4 Å². The van der Waals surface area contributed by atoms with E-state index in [2.05, 4.69) is 11.8 Å². The third kappa shape index (κ3) is 4.54. The fraction of sp³-hybridized carbons (Fsp3) is 0.182. The molecule has 0 heterocycles. The molecule has 1 aromatic carbocycles. The van der Waals surface area contributed by atoms with Gasteiger partial charge in [-0.1, -0.05) is 23.4 Å². The van der Waals surface area contributed by atoms with Crippen LogP contribution in [0, 0.1) is 11.8 Å². The second-order valence-electron chi connectivity index (χ2n) is 3.44. The van der Waals surface area contributed by atoms with Crippen LogP contribution >= 0.6 is 11.6 Å². The number of carbonyl (C=O) groups excluding carboxylic acids is 1. The van der Waals surface area contributed by atoms with Gasteiger partial charge in [-0.05, 0) is 18.2 Å². The van der Waals surface area contributed by atoms with Crippen molar-refractivity contribution in [2.24, 2.45) is 11.5 Å². The molecule has 0 atom stereocenters. The van der Waals surface area contributed by atoms with Gasteiger partial charge in [-0.15, -0.1) is 0 Å². The highest BCUT2D eigenvalue weighted by Crippen LogP contribution is 2.22. The minimum atomic E-state index is -3.88. The Labute approximate surface area is 116 Å². The van der Waals surface area contributed by atoms with E-state index in [-0.39, 0.29) is 16.5 Å². The van der Waals surface area contributed by atoms with Gasteiger partial charge in [0.25, 0.3) is 0 Å². The number of amides is 1. The Bertz CT molecular complexity index is 647. The summed E-state index contributed by atoms with van der Waals surface area (Å²) in [6.45, 7) is -0.300. The largest absolute Gasteiger partial charge is 0.369 e. The average Bonchev–Trinajstić information content (AvgIpc) is 2.34. The van der Waals surface area contributed by atoms with Crippen LogP contribution < -0.4 is 16.2 Å². The van der Waals surface area contributed by atoms with Crippen molar-refractivity contribution < 1.29 is 13.2 Å². The highest BCUT2D eigenvalue weighted by molar-refractivity contribution is 7.89. The van der Waals surface area contributed by atoms with Crippen LogP contribution in [0.15, 0.2) is 23.1 Å². The van der Waals surface area contributed by atoms with Crippen LogP contribution in [0.2, 0.25) is 5.02 Å². The van der Waals surface area contributed by atoms with Crippen LogP contribution in [-0.2, 0) is 14.8 Å². The zero-order valence-corrected chi connectivity index (χ0v) is 11.4. The van der Waals surface area contributed by atoms with E-state index in [9.17, 15) is 13.2 Å². The van der Waals surface area contributed by atoms with E-state index in [1.807, 2.05) is 4.72 Å². The Morgan fingerprint density at radius 1 is 1.42 bits per heavy atom. The third-order valence-corrected chi connectivity index (χ3v) is 3.88. The van der Waals surface area contributed by atoms with Gasteiger partial charge in [-0.3, -0.25) is 4.79 Å². The Morgan fingerprint density at radius 3 is 2.63 bits per heavy atom. The summed E-state index contributed by atoms with van der Waals surface area (Å²) in [6, 6.07) is 4.20. The quantitative estimate of drug-likeness (QED) is 0.645. The van der Waals surface area contributed by atoms with Crippen molar-refractivity contribution in [3.8, 4) is 11.8 Å². The van der Waals surface area contributed by atoms with Gasteiger partial charge in [0.2, 0.25) is 15.9 Å². The predicted octanol–water partition coefficient (Wildman–Crippen LogP) is -0.586. The smallest absolute Gasteiger partial charge is 0.242 e. The molecule has 1 rings (SSSR count). The molecule has 0 unspecified atom stereocenters. The second kappa shape index (κ2) is 6.54. The van der Waals surface area contributed by atoms with Crippen molar-refractivity contribution >= 4 is 27.5 Å². The normalized spacial score (nSPS) is 10.6. The van der Waals surface area contributed by atoms with Gasteiger partial charge in [-0.2, -0.15) is 0 Å². The zero-order chi connectivity index (χ0) is 14.5. The molecule has 5 N–H and O–H groups in total. The molecule has 0 saturated carbocycles. The predicted molar refractivity (Wildman–Crippen MR) is 71.8 cm³/mol. The summed E-state index contributed by atoms with van der Waals surface area (Å²) in [5.41, 5.74) is 10.6. The minimum Gasteiger partial charge on any atom is -0.369 e. The van der Waals surface area contributed by atoms with Crippen LogP contribution in [0.4, 0.5) is 0 Å². The first-order chi connectivity index (χ1) is 8.86. The molecule has 0 aliphatic carbocycles. The second-order valence-corrected chi connectivity index (χ2v) is 5.58. The summed E-state index contributed by atoms with van der Waals surface area (Å²) in [6.07, 6.45) is 0. The Hall–Kier alpha value is -1.59. The average molecular weight is 302 g/mol. The monoisotopic (exact) mass is 301 g/mol. The van der Waals surface area contributed by atoms with E-state index in [1.165, 1.54) is 18.2 Å². The molecule has 19 heavy (non-hydrogen) atoms. The highest BCUT2D eigenvalue weighted by atomic mass is 35.5. The molecule has 0 saturated heterocycles. The Morgan fingerprint density at radius 2 is 2.11 bits per heavy atom. The Balaban J connectivity index is 3.05. The minimum absolute atomic E-state index is 0.000733. The third-order valence-electron chi connectivity index (χ3n) is 1.99. The van der Waals surface area contributed by atoms with Gasteiger partial charge < -0.3 is 11.5 Å². The van der Waals surface area contributed by atoms with E-state index in [0.29, 0.717) is 5.56 Å². The van der Waals surface area contributed by atoms with E-state index >= 15 is 0 Å². The topological polar surface area (TPSA) is 115 Å². The van der Waals surface area contributed by atoms with E-state index in [0.717, 1.165) is 0 Å². The van der Waals surface area contributed by atoms with Gasteiger partial charge in [0.15, 0.2) is 0 Å². The molecule has 8 heteroatoms. The first kappa shape index (κ1) is 15.5. The molecule has 0 spiro atoms. The van der Waals surface area contributed by atoms with Crippen LogP contribution in [0.3, 0.4) is 0 Å². The lowest BCUT2D eigenvalue weighted by Crippen LogP contribution is -2.33. The molecule has 0 aliphatic heterocycles. The van der Waals surface area contributed by atoms with Gasteiger partial charge in [-0.25, -0.2) is 13.1 Å². The molecule has 0 aliphatic rings. The number of halogens is 1. The first-order valence-corrected chi connectivity index (χ1v) is 6.99. The van der Waals surface area contributed by atoms with E-state index < -0.39 is 22.5 Å². The summed E-state index contributed by atoms with van der Waals surface area (Å²) in [5.74, 6) is 4.56. The maximum absolute atomic E-state index is 11.8. The number of benzene rings is 1. The first-order valence-electron chi connectivity index (χ1n) is 5.13. The number of nitrogens with two attached hydrogens (primary N) is 2. The van der Waals surface area contributed by atoms with Crippen molar-refractivity contribution in [2.45, 2.75) is 4.90 Å². The SMILES string of the molecule is NCC#Cc1ccc(S(=O)(=O)NCC(N)=O)c(Cl)c1. The standard InChI is InChI=1S/C11H12ClN3O3S/c12-9-6-8(2-1-5-13)3-4-10(9)19(17,18)15-7-11(14)16/h3-4,6,15H,5,7,13H2,(H2,14,16). The van der Waals surface area contributed by atoms with Crippen molar-refractivity contribution in [3.05, 3.63) is 28.8 Å². The number of primary amides is 1. The molecule has 0 aromatic heterocycles. The lowest BCUT2D eigenvalue weighted by molar-refractivity contribution is -0.116. The zero-order valence-electron chi connectivity index (χ0n) is 9.81. The number of hydrogen-bond donors (Lipinski definition) is 3. The molecule has 102 valence electrons. The summed E-state index contributed by atoms with van der Waals surface area (Å²) >= 11 is 5.87. The molecule has 0 fully saturated rings. The van der Waals surface area contributed by atoms with Crippen molar-refractivity contribution in [1.29, 1.82) is 0 Å². The van der Waals surface area contributed by atoms with Gasteiger partial charge in [0.05, 0.1) is 18.1 Å². The maximum Gasteiger partial charge on any atom is 0.242 e. The summed E-state index contributed by atoms with van der Waals surface area (Å²) in [4.78, 5) is 10.4. The number of sulfonamides is 1. The summed E-state index contributed by atoms with van der Waals surface area (Å²) < 4.78 is 25.7. The molecule has 1 aromatic rings. The lowest BCUT2D eigenvalue weighted by Gasteiger charge is -2.07. The summed E-state index contributed by atoms with van der Waals surface area (Å²) in [5, 5.41) is 0.000733. The molecule has 1 amide bonds. The number of nitrogens with one attached hydrogen (secondary N) is 1. The lowest BCUT2D eigenvalue weighted by atomic mass is 10.2. The molecular formula is C11H12ClN3O3S. The van der Waals surface area contributed by atoms with Crippen LogP contribution in [0.25, 0.3) is 0 Å². The van der Waals surface area contributed by atoms with Crippen molar-refractivity contribution in [3.63, 3.8) is 0 Å². The fourth-order valence-electron chi connectivity index (χ4n) is 1.19. The molecular weight excluding hydrogens is 290 g/mol. The van der Waals surface area contributed by atoms with Gasteiger partial charge in [0, 0.05) is 5.56 Å². The molecule has 6 nitrogen and oxygen atoms in total. The van der Waals surface area contributed by atoms with Gasteiger partial charge >= 0.3 is 0 Å². The van der Waals surface area contributed by atoms with E-state index in [4.69, 9.17) is 23.1 Å². The highest BCUT2D eigenvalue weighted by Gasteiger charge is 2.18.